The van der Waals surface area contributed by atoms with Crippen LogP contribution >= 0.6 is 11.6 Å². The number of halogens is 2. The van der Waals surface area contributed by atoms with Crippen LogP contribution in [-0.4, -0.2) is 6.61 Å². The second-order valence-electron chi connectivity index (χ2n) is 2.67. The molecule has 0 saturated heterocycles. The average Bonchev–Trinajstić information content (AvgIpc) is 2.16. The molecule has 0 unspecified atom stereocenters. The van der Waals surface area contributed by atoms with Gasteiger partial charge < -0.3 is 4.74 Å². The van der Waals surface area contributed by atoms with Crippen LogP contribution in [0.5, 0.6) is 5.75 Å². The molecule has 1 aromatic rings. The van der Waals surface area contributed by atoms with E-state index in [1.807, 2.05) is 6.92 Å². The molecule has 1 rings (SSSR count). The van der Waals surface area contributed by atoms with E-state index in [4.69, 9.17) is 16.3 Å². The molecule has 3 heteroatoms. The highest BCUT2D eigenvalue weighted by Gasteiger charge is 2.00. The monoisotopic (exact) mass is 200 g/mol. The first-order valence-corrected chi connectivity index (χ1v) is 4.31. The van der Waals surface area contributed by atoms with E-state index >= 15 is 0 Å². The zero-order valence-electron chi connectivity index (χ0n) is 7.26. The molecule has 1 aromatic carbocycles. The molecule has 0 fully saturated rings. The third-order valence-electron chi connectivity index (χ3n) is 1.48. The summed E-state index contributed by atoms with van der Waals surface area (Å²) >= 11 is 5.42. The molecule has 13 heavy (non-hydrogen) atoms. The van der Waals surface area contributed by atoms with Crippen LogP contribution in [0.1, 0.15) is 6.92 Å². The summed E-state index contributed by atoms with van der Waals surface area (Å²) in [5, 5.41) is 0. The maximum atomic E-state index is 13.0. The van der Waals surface area contributed by atoms with Gasteiger partial charge in [-0.25, -0.2) is 4.39 Å². The minimum atomic E-state index is -0.357. The third kappa shape index (κ3) is 3.07. The molecule has 0 radical (unpaired) electrons. The smallest absolute Gasteiger partial charge is 0.165 e. The summed E-state index contributed by atoms with van der Waals surface area (Å²) in [7, 11) is 0. The van der Waals surface area contributed by atoms with Gasteiger partial charge in [-0.1, -0.05) is 23.7 Å². The van der Waals surface area contributed by atoms with Crippen molar-refractivity contribution in [3.8, 4) is 5.75 Å². The third-order valence-corrected chi connectivity index (χ3v) is 1.85. The van der Waals surface area contributed by atoms with Crippen molar-refractivity contribution >= 4 is 11.6 Å². The van der Waals surface area contributed by atoms with E-state index in [0.29, 0.717) is 6.61 Å². The topological polar surface area (TPSA) is 9.23 Å². The Morgan fingerprint density at radius 2 is 2.23 bits per heavy atom. The summed E-state index contributed by atoms with van der Waals surface area (Å²) < 4.78 is 18.1. The zero-order chi connectivity index (χ0) is 9.68. The molecule has 0 aliphatic rings. The van der Waals surface area contributed by atoms with Gasteiger partial charge >= 0.3 is 0 Å². The van der Waals surface area contributed by atoms with Gasteiger partial charge in [0.25, 0.3) is 0 Å². The Hall–Kier alpha value is -1.02. The second-order valence-corrected chi connectivity index (χ2v) is 2.89. The van der Waals surface area contributed by atoms with Gasteiger partial charge in [0, 0.05) is 5.54 Å². The van der Waals surface area contributed by atoms with Gasteiger partial charge in [0.2, 0.25) is 0 Å². The minimum Gasteiger partial charge on any atom is -0.486 e. The van der Waals surface area contributed by atoms with Gasteiger partial charge in [-0.15, -0.1) is 0 Å². The summed E-state index contributed by atoms with van der Waals surface area (Å²) in [4.78, 5) is 0. The van der Waals surface area contributed by atoms with E-state index in [1.165, 1.54) is 11.6 Å². The molecule has 0 aromatic heterocycles. The fraction of sp³-hybridized carbons (Fsp3) is 0.200. The van der Waals surface area contributed by atoms with Gasteiger partial charge in [0.05, 0.1) is 0 Å². The van der Waals surface area contributed by atoms with E-state index in [-0.39, 0.29) is 11.6 Å². The van der Waals surface area contributed by atoms with E-state index in [9.17, 15) is 4.39 Å². The van der Waals surface area contributed by atoms with Gasteiger partial charge in [0.15, 0.2) is 11.6 Å². The summed E-state index contributed by atoms with van der Waals surface area (Å²) in [6.07, 6.45) is 0. The molecule has 0 amide bonds. The van der Waals surface area contributed by atoms with Crippen LogP contribution in [0.3, 0.4) is 0 Å². The van der Waals surface area contributed by atoms with Crippen molar-refractivity contribution in [2.45, 2.75) is 6.92 Å². The highest BCUT2D eigenvalue weighted by atomic mass is 35.5. The van der Waals surface area contributed by atoms with Crippen molar-refractivity contribution in [3.63, 3.8) is 0 Å². The molecule has 0 aliphatic heterocycles. The van der Waals surface area contributed by atoms with E-state index in [2.05, 4.69) is 0 Å². The van der Waals surface area contributed by atoms with Crippen molar-refractivity contribution in [1.29, 1.82) is 0 Å². The molecular weight excluding hydrogens is 191 g/mol. The predicted molar refractivity (Wildman–Crippen MR) is 51.5 cm³/mol. The van der Waals surface area contributed by atoms with Gasteiger partial charge in [-0.2, -0.15) is 0 Å². The van der Waals surface area contributed by atoms with Gasteiger partial charge in [-0.3, -0.25) is 0 Å². The van der Waals surface area contributed by atoms with Gasteiger partial charge in [-0.05, 0) is 24.6 Å². The Balaban J connectivity index is 2.60. The molecule has 0 aliphatic carbocycles. The molecule has 0 heterocycles. The van der Waals surface area contributed by atoms with Crippen LogP contribution in [0.2, 0.25) is 0 Å². The lowest BCUT2D eigenvalue weighted by molar-refractivity contribution is 0.332. The van der Waals surface area contributed by atoms with Crippen LogP contribution < -0.4 is 4.74 Å². The zero-order valence-corrected chi connectivity index (χ0v) is 8.01. The van der Waals surface area contributed by atoms with E-state index in [0.717, 1.165) is 5.57 Å². The predicted octanol–water partition coefficient (Wildman–Crippen LogP) is 3.35. The summed E-state index contributed by atoms with van der Waals surface area (Å²) in [6.45, 7) is 2.12. The first kappa shape index (κ1) is 10.1. The molecule has 0 N–H and O–H groups in total. The number of hydrogen-bond acceptors (Lipinski definition) is 1. The second kappa shape index (κ2) is 4.87. The normalized spacial score (nSPS) is 11.5. The van der Waals surface area contributed by atoms with E-state index < -0.39 is 0 Å². The van der Waals surface area contributed by atoms with E-state index in [1.54, 1.807) is 18.2 Å². The summed E-state index contributed by atoms with van der Waals surface area (Å²) in [6, 6.07) is 6.27. The molecule has 0 atom stereocenters. The highest BCUT2D eigenvalue weighted by Crippen LogP contribution is 2.15. The Labute approximate surface area is 81.8 Å². The van der Waals surface area contributed by atoms with Crippen molar-refractivity contribution in [1.82, 2.24) is 0 Å². The number of benzene rings is 1. The van der Waals surface area contributed by atoms with Crippen LogP contribution in [0, 0.1) is 5.82 Å². The van der Waals surface area contributed by atoms with Crippen LogP contribution in [-0.2, 0) is 0 Å². The van der Waals surface area contributed by atoms with Crippen molar-refractivity contribution in [2.24, 2.45) is 0 Å². The van der Waals surface area contributed by atoms with Crippen molar-refractivity contribution < 1.29 is 9.13 Å². The lowest BCUT2D eigenvalue weighted by Crippen LogP contribution is -1.99. The molecular formula is C10H10ClFO. The fourth-order valence-corrected chi connectivity index (χ4v) is 0.848. The molecule has 1 nitrogen and oxygen atoms in total. The SMILES string of the molecule is C/C(=C/Cl)COc1ccccc1F. The van der Waals surface area contributed by atoms with Crippen molar-refractivity contribution in [3.05, 3.63) is 41.2 Å². The Bertz CT molecular complexity index is 310. The lowest BCUT2D eigenvalue weighted by atomic mass is 10.3. The molecule has 70 valence electrons. The number of para-hydroxylation sites is 1. The van der Waals surface area contributed by atoms with Crippen LogP contribution in [0.15, 0.2) is 35.4 Å². The Kier molecular flexibility index (Phi) is 3.77. The Morgan fingerprint density at radius 1 is 1.54 bits per heavy atom. The van der Waals surface area contributed by atoms with Crippen molar-refractivity contribution in [2.75, 3.05) is 6.61 Å². The standard InChI is InChI=1S/C10H10ClFO/c1-8(6-11)7-13-10-5-3-2-4-9(10)12/h2-6H,7H2,1H3/b8-6-. The highest BCUT2D eigenvalue weighted by molar-refractivity contribution is 6.25. The summed E-state index contributed by atoms with van der Waals surface area (Å²) in [5.41, 5.74) is 2.27. The maximum Gasteiger partial charge on any atom is 0.165 e. The quantitative estimate of drug-likeness (QED) is 0.727. The lowest BCUT2D eigenvalue weighted by Gasteiger charge is -2.05. The first-order chi connectivity index (χ1) is 6.24. The number of hydrogen-bond donors (Lipinski definition) is 0. The Morgan fingerprint density at radius 3 is 2.85 bits per heavy atom. The number of ether oxygens (including phenoxy) is 1. The minimum absolute atomic E-state index is 0.250. The molecule has 0 saturated carbocycles. The number of rotatable bonds is 3. The fourth-order valence-electron chi connectivity index (χ4n) is 0.785. The van der Waals surface area contributed by atoms with Crippen LogP contribution in [0.25, 0.3) is 0 Å². The molecule has 0 spiro atoms. The largest absolute Gasteiger partial charge is 0.486 e. The molecule has 0 bridgehead atoms. The maximum absolute atomic E-state index is 13.0. The first-order valence-electron chi connectivity index (χ1n) is 3.87. The average molecular weight is 201 g/mol. The van der Waals surface area contributed by atoms with Crippen LogP contribution in [0.4, 0.5) is 4.39 Å². The summed E-state index contributed by atoms with van der Waals surface area (Å²) in [5.74, 6) is -0.106. The van der Waals surface area contributed by atoms with Gasteiger partial charge in [0.1, 0.15) is 6.61 Å².